The monoisotopic (exact) mass is 484 g/mol. The van der Waals surface area contributed by atoms with Gasteiger partial charge in [0.1, 0.15) is 0 Å². The first-order valence-electron chi connectivity index (χ1n) is 9.76. The van der Waals surface area contributed by atoms with E-state index in [9.17, 15) is 35.9 Å². The molecule has 0 fully saturated rings. The van der Waals surface area contributed by atoms with Crippen LogP contribution in [0.15, 0.2) is 48.7 Å². The first kappa shape index (κ1) is 24.8. The smallest absolute Gasteiger partial charge is 0.343 e. The SMILES string of the molecule is Cc1cccc(NC(=O)CNC(=O)c2cnn(-c3cccc(C(F)(F)F)c3)c2C(F)(F)F)c1C. The Morgan fingerprint density at radius 3 is 2.29 bits per heavy atom. The molecule has 34 heavy (non-hydrogen) atoms. The van der Waals surface area contributed by atoms with Gasteiger partial charge in [-0.2, -0.15) is 31.4 Å². The third kappa shape index (κ3) is 5.38. The summed E-state index contributed by atoms with van der Waals surface area (Å²) in [6, 6.07) is 8.27. The van der Waals surface area contributed by atoms with E-state index in [-0.39, 0.29) is 4.68 Å². The van der Waals surface area contributed by atoms with Crippen LogP contribution in [0.25, 0.3) is 5.69 Å². The molecule has 0 radical (unpaired) electrons. The number of amides is 2. The number of aromatic nitrogens is 2. The molecule has 12 heteroatoms. The molecule has 0 spiro atoms. The van der Waals surface area contributed by atoms with E-state index in [1.807, 2.05) is 13.0 Å². The van der Waals surface area contributed by atoms with Gasteiger partial charge in [-0.1, -0.05) is 18.2 Å². The van der Waals surface area contributed by atoms with Crippen LogP contribution in [0.2, 0.25) is 0 Å². The van der Waals surface area contributed by atoms with E-state index in [2.05, 4.69) is 15.7 Å². The van der Waals surface area contributed by atoms with Crippen LogP contribution in [0.1, 0.15) is 32.7 Å². The Balaban J connectivity index is 1.83. The highest BCUT2D eigenvalue weighted by Gasteiger charge is 2.41. The van der Waals surface area contributed by atoms with Crippen molar-refractivity contribution in [3.05, 3.63) is 76.6 Å². The number of hydrogen-bond acceptors (Lipinski definition) is 3. The third-order valence-corrected chi connectivity index (χ3v) is 4.99. The minimum absolute atomic E-state index is 0.209. The summed E-state index contributed by atoms with van der Waals surface area (Å²) in [6.07, 6.45) is -9.33. The zero-order valence-electron chi connectivity index (χ0n) is 17.8. The van der Waals surface area contributed by atoms with Crippen LogP contribution in [0.5, 0.6) is 0 Å². The van der Waals surface area contributed by atoms with Crippen molar-refractivity contribution in [2.45, 2.75) is 26.2 Å². The summed E-state index contributed by atoms with van der Waals surface area (Å²) in [5.41, 5.74) is -2.06. The minimum Gasteiger partial charge on any atom is -0.343 e. The molecule has 0 aliphatic heterocycles. The average molecular weight is 484 g/mol. The van der Waals surface area contributed by atoms with Crippen molar-refractivity contribution in [1.29, 1.82) is 0 Å². The number of anilines is 1. The first-order chi connectivity index (χ1) is 15.8. The van der Waals surface area contributed by atoms with Gasteiger partial charge in [-0.25, -0.2) is 4.68 Å². The standard InChI is InChI=1S/C22H18F6N4O2/c1-12-5-3-8-17(13(12)2)31-18(33)11-29-20(34)16-10-30-32(19(16)22(26,27)28)15-7-4-6-14(9-15)21(23,24)25/h3-10H,11H2,1-2H3,(H,29,34)(H,31,33). The summed E-state index contributed by atoms with van der Waals surface area (Å²) < 4.78 is 80.4. The molecule has 3 aromatic rings. The topological polar surface area (TPSA) is 76.0 Å². The fourth-order valence-electron chi connectivity index (χ4n) is 3.13. The van der Waals surface area contributed by atoms with Gasteiger partial charge in [0.15, 0.2) is 5.69 Å². The maximum Gasteiger partial charge on any atom is 0.434 e. The van der Waals surface area contributed by atoms with E-state index in [1.165, 1.54) is 0 Å². The number of aryl methyl sites for hydroxylation is 1. The van der Waals surface area contributed by atoms with Gasteiger partial charge in [-0.15, -0.1) is 0 Å². The molecule has 0 aliphatic rings. The Labute approximate surface area is 189 Å². The average Bonchev–Trinajstić information content (AvgIpc) is 3.21. The van der Waals surface area contributed by atoms with Crippen molar-refractivity contribution >= 4 is 17.5 Å². The molecule has 1 aromatic heterocycles. The van der Waals surface area contributed by atoms with E-state index in [1.54, 1.807) is 19.1 Å². The number of carbonyl (C=O) groups excluding carboxylic acids is 2. The minimum atomic E-state index is -5.13. The highest BCUT2D eigenvalue weighted by Crippen LogP contribution is 2.35. The Morgan fingerprint density at radius 2 is 1.65 bits per heavy atom. The summed E-state index contributed by atoms with van der Waals surface area (Å²) in [5.74, 6) is -1.94. The number of carbonyl (C=O) groups is 2. The summed E-state index contributed by atoms with van der Waals surface area (Å²) in [7, 11) is 0. The van der Waals surface area contributed by atoms with Crippen LogP contribution in [-0.4, -0.2) is 28.1 Å². The van der Waals surface area contributed by atoms with E-state index >= 15 is 0 Å². The predicted molar refractivity (Wildman–Crippen MR) is 110 cm³/mol. The number of benzene rings is 2. The van der Waals surface area contributed by atoms with Crippen LogP contribution < -0.4 is 10.6 Å². The van der Waals surface area contributed by atoms with Gasteiger partial charge in [0.25, 0.3) is 5.91 Å². The summed E-state index contributed by atoms with van der Waals surface area (Å²) >= 11 is 0. The Bertz CT molecular complexity index is 1230. The van der Waals surface area contributed by atoms with Crippen molar-refractivity contribution in [3.63, 3.8) is 0 Å². The van der Waals surface area contributed by atoms with E-state index in [0.29, 0.717) is 24.0 Å². The van der Waals surface area contributed by atoms with Gasteiger partial charge in [-0.3, -0.25) is 9.59 Å². The molecule has 3 rings (SSSR count). The summed E-state index contributed by atoms with van der Waals surface area (Å²) in [6.45, 7) is 2.95. The quantitative estimate of drug-likeness (QED) is 0.506. The van der Waals surface area contributed by atoms with E-state index in [0.717, 1.165) is 23.3 Å². The Hall–Kier alpha value is -3.83. The lowest BCUT2D eigenvalue weighted by Crippen LogP contribution is -2.34. The van der Waals surface area contributed by atoms with Crippen LogP contribution >= 0.6 is 0 Å². The maximum atomic E-state index is 13.7. The largest absolute Gasteiger partial charge is 0.434 e. The number of nitrogens with zero attached hydrogens (tertiary/aromatic N) is 2. The summed E-state index contributed by atoms with van der Waals surface area (Å²) in [4.78, 5) is 24.6. The predicted octanol–water partition coefficient (Wildman–Crippen LogP) is 4.90. The van der Waals surface area contributed by atoms with Crippen molar-refractivity contribution in [1.82, 2.24) is 15.1 Å². The van der Waals surface area contributed by atoms with Crippen LogP contribution in [0, 0.1) is 13.8 Å². The molecule has 0 saturated heterocycles. The molecule has 2 amide bonds. The normalized spacial score (nSPS) is 11.9. The molecule has 6 nitrogen and oxygen atoms in total. The second-order valence-electron chi connectivity index (χ2n) is 7.34. The van der Waals surface area contributed by atoms with Crippen LogP contribution in [0.4, 0.5) is 32.0 Å². The van der Waals surface area contributed by atoms with Crippen molar-refractivity contribution in [3.8, 4) is 5.69 Å². The molecule has 180 valence electrons. The molecule has 0 bridgehead atoms. The van der Waals surface area contributed by atoms with Crippen molar-refractivity contribution in [2.75, 3.05) is 11.9 Å². The first-order valence-corrected chi connectivity index (χ1v) is 9.76. The van der Waals surface area contributed by atoms with Gasteiger partial charge in [-0.05, 0) is 49.2 Å². The molecular formula is C22H18F6N4O2. The molecule has 2 N–H and O–H groups in total. The maximum absolute atomic E-state index is 13.7. The van der Waals surface area contributed by atoms with Crippen molar-refractivity contribution in [2.24, 2.45) is 0 Å². The lowest BCUT2D eigenvalue weighted by atomic mass is 10.1. The van der Waals surface area contributed by atoms with Gasteiger partial charge in [0, 0.05) is 5.69 Å². The molecule has 0 aliphatic carbocycles. The number of hydrogen-bond donors (Lipinski definition) is 2. The lowest BCUT2D eigenvalue weighted by Gasteiger charge is -2.14. The van der Waals surface area contributed by atoms with Gasteiger partial charge in [0.05, 0.1) is 29.6 Å². The number of halogens is 6. The summed E-state index contributed by atoms with van der Waals surface area (Å²) in [5, 5.41) is 8.11. The highest BCUT2D eigenvalue weighted by molar-refractivity contribution is 6.00. The number of nitrogens with one attached hydrogen (secondary N) is 2. The van der Waals surface area contributed by atoms with Gasteiger partial charge in [0.2, 0.25) is 5.91 Å². The Morgan fingerprint density at radius 1 is 0.971 bits per heavy atom. The second kappa shape index (κ2) is 9.20. The van der Waals surface area contributed by atoms with Crippen LogP contribution in [0.3, 0.4) is 0 Å². The number of alkyl halides is 6. The van der Waals surface area contributed by atoms with Gasteiger partial charge < -0.3 is 10.6 Å². The molecule has 0 atom stereocenters. The van der Waals surface area contributed by atoms with Crippen molar-refractivity contribution < 1.29 is 35.9 Å². The second-order valence-corrected chi connectivity index (χ2v) is 7.34. The fraction of sp³-hybridized carbons (Fsp3) is 0.227. The molecule has 0 unspecified atom stereocenters. The molecule has 1 heterocycles. The molecule has 2 aromatic carbocycles. The Kier molecular flexibility index (Phi) is 6.71. The third-order valence-electron chi connectivity index (χ3n) is 4.99. The highest BCUT2D eigenvalue weighted by atomic mass is 19.4. The van der Waals surface area contributed by atoms with Gasteiger partial charge >= 0.3 is 12.4 Å². The van der Waals surface area contributed by atoms with Crippen LogP contribution in [-0.2, 0) is 17.1 Å². The lowest BCUT2D eigenvalue weighted by molar-refractivity contribution is -0.143. The molecule has 0 saturated carbocycles. The number of rotatable bonds is 5. The van der Waals surface area contributed by atoms with E-state index < -0.39 is 53.2 Å². The fourth-order valence-corrected chi connectivity index (χ4v) is 3.13. The zero-order chi connectivity index (χ0) is 25.3. The zero-order valence-corrected chi connectivity index (χ0v) is 17.8. The van der Waals surface area contributed by atoms with E-state index in [4.69, 9.17) is 0 Å². The molecular weight excluding hydrogens is 466 g/mol.